The monoisotopic (exact) mass is 636 g/mol. The summed E-state index contributed by atoms with van der Waals surface area (Å²) in [5.74, 6) is -2.00. The number of aromatic nitrogens is 1. The van der Waals surface area contributed by atoms with Gasteiger partial charge >= 0.3 is 11.9 Å². The molecule has 1 amide bonds. The summed E-state index contributed by atoms with van der Waals surface area (Å²) in [5, 5.41) is 11.8. The number of esters is 1. The number of Topliss-reactive ketones (excluding diaryl/α,β-unsaturated/α-hetero) is 1. The lowest BCUT2D eigenvalue weighted by Crippen LogP contribution is -2.29. The van der Waals surface area contributed by atoms with Crippen LogP contribution < -0.4 is 9.64 Å². The summed E-state index contributed by atoms with van der Waals surface area (Å²) in [6.07, 6.45) is 1.46. The Kier molecular flexibility index (Phi) is 9.25. The summed E-state index contributed by atoms with van der Waals surface area (Å²) < 4.78 is 11.2. The van der Waals surface area contributed by atoms with E-state index in [0.717, 1.165) is 28.0 Å². The SMILES string of the molecule is C=CCOC(=O)c1sc(N2C(=O)C(=O)C(=C(O)c3ccc(OCc4ccccc4)c(C)c3)[C@@H]2c2ccc(C(C)(C)C)cc2)nc1C. The number of hydrogen-bond acceptors (Lipinski definition) is 8. The number of ether oxygens (including phenoxy) is 2. The number of aryl methyl sites for hydroxylation is 2. The zero-order valence-electron chi connectivity index (χ0n) is 26.5. The minimum atomic E-state index is -0.995. The number of nitrogens with zero attached hydrogens (tertiary/aromatic N) is 2. The van der Waals surface area contributed by atoms with Crippen molar-refractivity contribution in [3.05, 3.63) is 129 Å². The number of aliphatic hydroxyl groups is 1. The largest absolute Gasteiger partial charge is 0.507 e. The Morgan fingerprint density at radius 2 is 1.74 bits per heavy atom. The van der Waals surface area contributed by atoms with Crippen molar-refractivity contribution in [2.24, 2.45) is 0 Å². The van der Waals surface area contributed by atoms with Crippen molar-refractivity contribution < 1.29 is 29.0 Å². The van der Waals surface area contributed by atoms with E-state index < -0.39 is 23.7 Å². The second-order valence-corrected chi connectivity index (χ2v) is 13.1. The maximum absolute atomic E-state index is 13.7. The molecule has 5 rings (SSSR count). The van der Waals surface area contributed by atoms with Gasteiger partial charge in [0, 0.05) is 5.56 Å². The Morgan fingerprint density at radius 3 is 2.37 bits per heavy atom. The summed E-state index contributed by atoms with van der Waals surface area (Å²) in [6, 6.07) is 21.5. The van der Waals surface area contributed by atoms with Gasteiger partial charge in [0.2, 0.25) is 0 Å². The van der Waals surface area contributed by atoms with E-state index in [-0.39, 0.29) is 33.4 Å². The fourth-order valence-corrected chi connectivity index (χ4v) is 6.22. The molecule has 9 heteroatoms. The average molecular weight is 637 g/mol. The second kappa shape index (κ2) is 13.1. The first-order chi connectivity index (χ1) is 21.9. The Bertz CT molecular complexity index is 1830. The van der Waals surface area contributed by atoms with Gasteiger partial charge in [-0.15, -0.1) is 0 Å². The van der Waals surface area contributed by atoms with E-state index in [1.54, 1.807) is 25.1 Å². The number of thiazole rings is 1. The van der Waals surface area contributed by atoms with Crippen molar-refractivity contribution in [1.29, 1.82) is 0 Å². The topological polar surface area (TPSA) is 106 Å². The molecule has 0 unspecified atom stereocenters. The highest BCUT2D eigenvalue weighted by Crippen LogP contribution is 2.44. The summed E-state index contributed by atoms with van der Waals surface area (Å²) in [6.45, 7) is 13.7. The number of aliphatic hydroxyl groups excluding tert-OH is 1. The van der Waals surface area contributed by atoms with Crippen LogP contribution in [0.5, 0.6) is 5.75 Å². The molecule has 0 bridgehead atoms. The number of benzene rings is 3. The highest BCUT2D eigenvalue weighted by Gasteiger charge is 2.48. The maximum atomic E-state index is 13.7. The van der Waals surface area contributed by atoms with Crippen LogP contribution in [0.15, 0.2) is 91.0 Å². The molecular weight excluding hydrogens is 600 g/mol. The summed E-state index contributed by atoms with van der Waals surface area (Å²) in [5.41, 5.74) is 3.95. The molecule has 4 aromatic rings. The fraction of sp³-hybridized carbons (Fsp3) is 0.243. The molecule has 1 fully saturated rings. The fourth-order valence-electron chi connectivity index (χ4n) is 5.23. The molecule has 46 heavy (non-hydrogen) atoms. The lowest BCUT2D eigenvalue weighted by molar-refractivity contribution is -0.132. The molecule has 8 nitrogen and oxygen atoms in total. The normalized spacial score (nSPS) is 16.0. The standard InChI is InChI=1S/C37H36N2O6S/c1-7-19-44-35(43)33-23(3)38-36(46-33)39-30(25-13-16-27(17-14-25)37(4,5)6)29(32(41)34(39)42)31(40)26-15-18-28(22(2)20-26)45-21-24-11-9-8-10-12-24/h7-18,20,30,40H,1,19,21H2,2-6H3/t30-/m0/s1. The predicted octanol–water partition coefficient (Wildman–Crippen LogP) is 7.61. The first-order valence-corrected chi connectivity index (χ1v) is 15.7. The van der Waals surface area contributed by atoms with Gasteiger partial charge in [-0.2, -0.15) is 0 Å². The van der Waals surface area contributed by atoms with Crippen LogP contribution in [-0.4, -0.2) is 34.4 Å². The van der Waals surface area contributed by atoms with Crippen molar-refractivity contribution in [2.75, 3.05) is 11.5 Å². The van der Waals surface area contributed by atoms with E-state index in [0.29, 0.717) is 29.2 Å². The number of hydrogen-bond donors (Lipinski definition) is 1. The lowest BCUT2D eigenvalue weighted by Gasteiger charge is -2.25. The molecular formula is C37H36N2O6S. The van der Waals surface area contributed by atoms with Crippen LogP contribution in [0.1, 0.15) is 70.0 Å². The van der Waals surface area contributed by atoms with Gasteiger partial charge in [-0.05, 0) is 59.7 Å². The molecule has 0 aliphatic carbocycles. The first-order valence-electron chi connectivity index (χ1n) is 14.8. The highest BCUT2D eigenvalue weighted by molar-refractivity contribution is 7.17. The molecule has 1 saturated heterocycles. The Balaban J connectivity index is 1.58. The van der Waals surface area contributed by atoms with Crippen LogP contribution in [0.4, 0.5) is 5.13 Å². The van der Waals surface area contributed by atoms with Crippen molar-refractivity contribution in [1.82, 2.24) is 4.98 Å². The number of ketones is 1. The van der Waals surface area contributed by atoms with Gasteiger partial charge in [-0.25, -0.2) is 9.78 Å². The van der Waals surface area contributed by atoms with Crippen molar-refractivity contribution in [2.45, 2.75) is 52.7 Å². The molecule has 1 aromatic heterocycles. The van der Waals surface area contributed by atoms with E-state index >= 15 is 0 Å². The summed E-state index contributed by atoms with van der Waals surface area (Å²) >= 11 is 0.957. The third-order valence-corrected chi connectivity index (χ3v) is 8.87. The van der Waals surface area contributed by atoms with Crippen LogP contribution in [0, 0.1) is 13.8 Å². The minimum absolute atomic E-state index is 0.0195. The molecule has 0 spiro atoms. The zero-order valence-corrected chi connectivity index (χ0v) is 27.3. The van der Waals surface area contributed by atoms with Crippen LogP contribution >= 0.6 is 11.3 Å². The molecule has 0 radical (unpaired) electrons. The molecule has 3 aromatic carbocycles. The van der Waals surface area contributed by atoms with E-state index in [4.69, 9.17) is 9.47 Å². The van der Waals surface area contributed by atoms with E-state index in [2.05, 4.69) is 32.3 Å². The number of anilines is 1. The van der Waals surface area contributed by atoms with Crippen molar-refractivity contribution in [3.8, 4) is 5.75 Å². The number of amides is 1. The molecule has 2 heterocycles. The smallest absolute Gasteiger partial charge is 0.350 e. The molecule has 0 saturated carbocycles. The Morgan fingerprint density at radius 1 is 1.04 bits per heavy atom. The van der Waals surface area contributed by atoms with Crippen LogP contribution in [-0.2, 0) is 26.3 Å². The Hall–Kier alpha value is -5.02. The Labute approximate surface area is 272 Å². The lowest BCUT2D eigenvalue weighted by atomic mass is 9.85. The van der Waals surface area contributed by atoms with Gasteiger partial charge in [-0.1, -0.05) is 99.4 Å². The van der Waals surface area contributed by atoms with Gasteiger partial charge in [0.05, 0.1) is 17.3 Å². The molecule has 1 N–H and O–H groups in total. The van der Waals surface area contributed by atoms with E-state index in [9.17, 15) is 19.5 Å². The van der Waals surface area contributed by atoms with Gasteiger partial charge in [-0.3, -0.25) is 14.5 Å². The minimum Gasteiger partial charge on any atom is -0.507 e. The van der Waals surface area contributed by atoms with Gasteiger partial charge < -0.3 is 14.6 Å². The van der Waals surface area contributed by atoms with Crippen LogP contribution in [0.3, 0.4) is 0 Å². The van der Waals surface area contributed by atoms with E-state index in [1.807, 2.05) is 61.5 Å². The third-order valence-electron chi connectivity index (χ3n) is 7.73. The molecule has 1 aliphatic rings. The zero-order chi connectivity index (χ0) is 33.2. The molecule has 1 aliphatic heterocycles. The first kappa shape index (κ1) is 32.4. The highest BCUT2D eigenvalue weighted by atomic mass is 32.1. The summed E-state index contributed by atoms with van der Waals surface area (Å²) in [7, 11) is 0. The second-order valence-electron chi connectivity index (χ2n) is 12.1. The van der Waals surface area contributed by atoms with Crippen LogP contribution in [0.25, 0.3) is 5.76 Å². The van der Waals surface area contributed by atoms with Crippen LogP contribution in [0.2, 0.25) is 0 Å². The quantitative estimate of drug-likeness (QED) is 0.0663. The van der Waals surface area contributed by atoms with Gasteiger partial charge in [0.1, 0.15) is 29.6 Å². The average Bonchev–Trinajstić information content (AvgIpc) is 3.55. The van der Waals surface area contributed by atoms with Gasteiger partial charge in [0.25, 0.3) is 5.78 Å². The third kappa shape index (κ3) is 6.50. The number of carbonyl (C=O) groups is 3. The molecule has 236 valence electrons. The number of carbonyl (C=O) groups excluding carboxylic acids is 3. The van der Waals surface area contributed by atoms with E-state index in [1.165, 1.54) is 11.0 Å². The maximum Gasteiger partial charge on any atom is 0.350 e. The van der Waals surface area contributed by atoms with Gasteiger partial charge in [0.15, 0.2) is 5.13 Å². The predicted molar refractivity (Wildman–Crippen MR) is 179 cm³/mol. The summed E-state index contributed by atoms with van der Waals surface area (Å²) in [4.78, 5) is 46.1. The van der Waals surface area contributed by atoms with Crippen molar-refractivity contribution >= 4 is 39.9 Å². The van der Waals surface area contributed by atoms with Crippen molar-refractivity contribution in [3.63, 3.8) is 0 Å². The number of rotatable bonds is 9. The molecule has 1 atom stereocenters.